The van der Waals surface area contributed by atoms with Gasteiger partial charge in [0.2, 0.25) is 0 Å². The van der Waals surface area contributed by atoms with E-state index in [-0.39, 0.29) is 12.5 Å². The molecule has 1 aliphatic carbocycles. The Morgan fingerprint density at radius 3 is 2.86 bits per heavy atom. The highest BCUT2D eigenvalue weighted by atomic mass is 16.5. The number of aromatic nitrogens is 1. The molecular formula is C23H22N2O4. The number of carbonyl (C=O) groups excluding carboxylic acids is 2. The van der Waals surface area contributed by atoms with Gasteiger partial charge < -0.3 is 14.5 Å². The number of hydrogen-bond donors (Lipinski definition) is 1. The van der Waals surface area contributed by atoms with E-state index in [1.54, 1.807) is 6.26 Å². The minimum Gasteiger partial charge on any atom is -0.465 e. The Hall–Kier alpha value is -3.41. The first kappa shape index (κ1) is 18.9. The highest BCUT2D eigenvalue weighted by Crippen LogP contribution is 2.37. The predicted octanol–water partition coefficient (Wildman–Crippen LogP) is 4.00. The lowest BCUT2D eigenvalue weighted by molar-refractivity contribution is -0.124. The Kier molecular flexibility index (Phi) is 5.42. The SMILES string of the molecule is CCCNC(=O)COC(=O)c1c2c(nc3ccccc13)C(=Cc1ccco1)CC2. The van der Waals surface area contributed by atoms with Gasteiger partial charge in [-0.1, -0.05) is 25.1 Å². The molecular weight excluding hydrogens is 368 g/mol. The fraction of sp³-hybridized carbons (Fsp3) is 0.261. The summed E-state index contributed by atoms with van der Waals surface area (Å²) in [5.74, 6) is -0.0427. The number of rotatable bonds is 6. The topological polar surface area (TPSA) is 81.4 Å². The molecule has 0 saturated carbocycles. The van der Waals surface area contributed by atoms with Crippen molar-refractivity contribution < 1.29 is 18.7 Å². The number of carbonyl (C=O) groups is 2. The summed E-state index contributed by atoms with van der Waals surface area (Å²) in [5.41, 5.74) is 3.90. The molecule has 0 bridgehead atoms. The summed E-state index contributed by atoms with van der Waals surface area (Å²) in [5, 5.41) is 3.45. The van der Waals surface area contributed by atoms with Crippen LogP contribution < -0.4 is 5.32 Å². The number of hydrogen-bond acceptors (Lipinski definition) is 5. The second kappa shape index (κ2) is 8.31. The first-order valence-electron chi connectivity index (χ1n) is 9.77. The van der Waals surface area contributed by atoms with Gasteiger partial charge in [-0.25, -0.2) is 9.78 Å². The highest BCUT2D eigenvalue weighted by Gasteiger charge is 2.28. The fourth-order valence-electron chi connectivity index (χ4n) is 3.58. The number of allylic oxidation sites excluding steroid dienone is 1. The molecule has 0 unspecified atom stereocenters. The number of nitrogens with one attached hydrogen (secondary N) is 1. The van der Waals surface area contributed by atoms with E-state index in [0.29, 0.717) is 18.5 Å². The first-order valence-corrected chi connectivity index (χ1v) is 9.77. The van der Waals surface area contributed by atoms with Gasteiger partial charge >= 0.3 is 5.97 Å². The molecule has 4 rings (SSSR count). The van der Waals surface area contributed by atoms with Crippen molar-refractivity contribution in [3.63, 3.8) is 0 Å². The molecule has 29 heavy (non-hydrogen) atoms. The van der Waals surface area contributed by atoms with Crippen LogP contribution in [0.15, 0.2) is 47.1 Å². The number of fused-ring (bicyclic) bond motifs is 2. The number of pyridine rings is 1. The summed E-state index contributed by atoms with van der Waals surface area (Å²) in [4.78, 5) is 29.6. The van der Waals surface area contributed by atoms with E-state index in [2.05, 4.69) is 5.32 Å². The van der Waals surface area contributed by atoms with Gasteiger partial charge in [-0.2, -0.15) is 0 Å². The number of para-hydroxylation sites is 1. The standard InChI is InChI=1S/C23H22N2O4/c1-2-11-24-20(26)14-29-23(27)21-17-7-3-4-8-19(17)25-22-15(9-10-18(21)22)13-16-6-5-12-28-16/h3-8,12-13H,2,9-11,14H2,1H3,(H,24,26). The number of nitrogens with zero attached hydrogens (tertiary/aromatic N) is 1. The van der Waals surface area contributed by atoms with E-state index < -0.39 is 5.97 Å². The van der Waals surface area contributed by atoms with Gasteiger partial charge in [-0.15, -0.1) is 0 Å². The molecule has 0 spiro atoms. The molecule has 0 radical (unpaired) electrons. The van der Waals surface area contributed by atoms with Gasteiger partial charge in [0.15, 0.2) is 6.61 Å². The van der Waals surface area contributed by atoms with E-state index in [0.717, 1.165) is 46.3 Å². The maximum Gasteiger partial charge on any atom is 0.339 e. The molecule has 0 fully saturated rings. The summed E-state index contributed by atoms with van der Waals surface area (Å²) in [6.45, 7) is 2.23. The van der Waals surface area contributed by atoms with Crippen molar-refractivity contribution in [2.24, 2.45) is 0 Å². The van der Waals surface area contributed by atoms with Crippen LogP contribution in [0.5, 0.6) is 0 Å². The van der Waals surface area contributed by atoms with Crippen molar-refractivity contribution in [3.8, 4) is 0 Å². The first-order chi connectivity index (χ1) is 14.2. The largest absolute Gasteiger partial charge is 0.465 e. The monoisotopic (exact) mass is 390 g/mol. The summed E-state index contributed by atoms with van der Waals surface area (Å²) in [7, 11) is 0. The molecule has 1 N–H and O–H groups in total. The van der Waals surface area contributed by atoms with Gasteiger partial charge in [0.25, 0.3) is 5.91 Å². The number of amides is 1. The van der Waals surface area contributed by atoms with Crippen molar-refractivity contribution in [2.75, 3.05) is 13.2 Å². The van der Waals surface area contributed by atoms with E-state index in [1.807, 2.05) is 49.4 Å². The van der Waals surface area contributed by atoms with Crippen molar-refractivity contribution in [1.29, 1.82) is 0 Å². The Balaban J connectivity index is 1.70. The van der Waals surface area contributed by atoms with Crippen LogP contribution in [0, 0.1) is 0 Å². The molecule has 1 amide bonds. The van der Waals surface area contributed by atoms with Crippen molar-refractivity contribution in [1.82, 2.24) is 10.3 Å². The van der Waals surface area contributed by atoms with Gasteiger partial charge in [-0.05, 0) is 54.7 Å². The number of esters is 1. The summed E-state index contributed by atoms with van der Waals surface area (Å²) in [6, 6.07) is 11.2. The van der Waals surface area contributed by atoms with Crippen molar-refractivity contribution >= 4 is 34.4 Å². The lowest BCUT2D eigenvalue weighted by Crippen LogP contribution is -2.29. The van der Waals surface area contributed by atoms with Gasteiger partial charge in [0.05, 0.1) is 23.0 Å². The van der Waals surface area contributed by atoms with Crippen LogP contribution in [0.3, 0.4) is 0 Å². The Labute approximate surface area is 168 Å². The molecule has 1 aliphatic rings. The smallest absolute Gasteiger partial charge is 0.339 e. The van der Waals surface area contributed by atoms with Crippen LogP contribution in [0.2, 0.25) is 0 Å². The molecule has 2 heterocycles. The van der Waals surface area contributed by atoms with E-state index >= 15 is 0 Å². The minimum absolute atomic E-state index is 0.292. The molecule has 0 aliphatic heterocycles. The fourth-order valence-corrected chi connectivity index (χ4v) is 3.58. The lowest BCUT2D eigenvalue weighted by atomic mass is 10.0. The maximum absolute atomic E-state index is 13.0. The Morgan fingerprint density at radius 1 is 1.21 bits per heavy atom. The quantitative estimate of drug-likeness (QED) is 0.644. The molecule has 3 aromatic rings. The van der Waals surface area contributed by atoms with Crippen molar-refractivity contribution in [3.05, 3.63) is 65.2 Å². The molecule has 6 heteroatoms. The summed E-state index contributed by atoms with van der Waals surface area (Å²) >= 11 is 0. The minimum atomic E-state index is -0.495. The zero-order valence-corrected chi connectivity index (χ0v) is 16.2. The number of benzene rings is 1. The van der Waals surface area contributed by atoms with Crippen LogP contribution >= 0.6 is 0 Å². The molecule has 0 atom stereocenters. The highest BCUT2D eigenvalue weighted by molar-refractivity contribution is 6.07. The lowest BCUT2D eigenvalue weighted by Gasteiger charge is -2.12. The summed E-state index contributed by atoms with van der Waals surface area (Å²) in [6.07, 6.45) is 5.86. The third-order valence-electron chi connectivity index (χ3n) is 4.91. The van der Waals surface area contributed by atoms with Crippen LogP contribution in [0.25, 0.3) is 22.6 Å². The molecule has 6 nitrogen and oxygen atoms in total. The zero-order chi connectivity index (χ0) is 20.2. The Morgan fingerprint density at radius 2 is 2.07 bits per heavy atom. The molecule has 1 aromatic carbocycles. The summed E-state index contributed by atoms with van der Waals surface area (Å²) < 4.78 is 10.8. The Bertz CT molecular complexity index is 1080. The molecule has 2 aromatic heterocycles. The second-order valence-electron chi connectivity index (χ2n) is 6.94. The third-order valence-corrected chi connectivity index (χ3v) is 4.91. The van der Waals surface area contributed by atoms with Crippen molar-refractivity contribution in [2.45, 2.75) is 26.2 Å². The van der Waals surface area contributed by atoms with Crippen LogP contribution in [-0.4, -0.2) is 30.0 Å². The van der Waals surface area contributed by atoms with Crippen LogP contribution in [-0.2, 0) is 16.0 Å². The second-order valence-corrected chi connectivity index (χ2v) is 6.94. The average Bonchev–Trinajstić information content (AvgIpc) is 3.39. The average molecular weight is 390 g/mol. The molecule has 148 valence electrons. The normalized spacial score (nSPS) is 14.2. The third kappa shape index (κ3) is 3.92. The maximum atomic E-state index is 13.0. The number of furan rings is 1. The van der Waals surface area contributed by atoms with Gasteiger partial charge in [0, 0.05) is 11.9 Å². The van der Waals surface area contributed by atoms with Crippen LogP contribution in [0.4, 0.5) is 0 Å². The van der Waals surface area contributed by atoms with Gasteiger partial charge in [-0.3, -0.25) is 4.79 Å². The molecule has 0 saturated heterocycles. The van der Waals surface area contributed by atoms with E-state index in [4.69, 9.17) is 14.1 Å². The van der Waals surface area contributed by atoms with Gasteiger partial charge in [0.1, 0.15) is 5.76 Å². The van der Waals surface area contributed by atoms with E-state index in [9.17, 15) is 9.59 Å². The number of ether oxygens (including phenoxy) is 1. The predicted molar refractivity (Wildman–Crippen MR) is 110 cm³/mol. The zero-order valence-electron chi connectivity index (χ0n) is 16.2. The van der Waals surface area contributed by atoms with Crippen LogP contribution in [0.1, 0.15) is 47.1 Å². The van der Waals surface area contributed by atoms with E-state index in [1.165, 1.54) is 0 Å².